The van der Waals surface area contributed by atoms with Crippen LogP contribution in [0.5, 0.6) is 5.75 Å². The van der Waals surface area contributed by atoms with Crippen LogP contribution >= 0.6 is 11.3 Å². The maximum atomic E-state index is 5.40. The lowest BCUT2D eigenvalue weighted by molar-refractivity contribution is 0.397. The van der Waals surface area contributed by atoms with E-state index in [1.54, 1.807) is 18.4 Å². The van der Waals surface area contributed by atoms with Crippen molar-refractivity contribution >= 4 is 11.3 Å². The Morgan fingerprint density at radius 2 is 1.83 bits per heavy atom. The van der Waals surface area contributed by atoms with E-state index in [9.17, 15) is 0 Å². The van der Waals surface area contributed by atoms with Gasteiger partial charge in [-0.2, -0.15) is 0 Å². The van der Waals surface area contributed by atoms with Crippen LogP contribution in [0.15, 0.2) is 41.8 Å². The molecule has 0 aliphatic carbocycles. The van der Waals surface area contributed by atoms with E-state index in [0.717, 1.165) is 5.75 Å². The largest absolute Gasteiger partial charge is 0.496 e. The first kappa shape index (κ1) is 13.1. The van der Waals surface area contributed by atoms with Gasteiger partial charge < -0.3 is 10.1 Å². The van der Waals surface area contributed by atoms with Crippen molar-refractivity contribution in [2.24, 2.45) is 0 Å². The van der Waals surface area contributed by atoms with E-state index in [0.29, 0.717) is 6.04 Å². The number of ether oxygens (including phenoxy) is 1. The summed E-state index contributed by atoms with van der Waals surface area (Å²) in [5.41, 5.74) is 1.20. The molecule has 2 rings (SSSR count). The second-order valence-electron chi connectivity index (χ2n) is 4.37. The summed E-state index contributed by atoms with van der Waals surface area (Å²) >= 11 is 1.78. The average Bonchev–Trinajstić information content (AvgIpc) is 2.92. The highest BCUT2D eigenvalue weighted by molar-refractivity contribution is 7.10. The highest BCUT2D eigenvalue weighted by Crippen LogP contribution is 2.27. The number of benzene rings is 1. The quantitative estimate of drug-likeness (QED) is 0.872. The van der Waals surface area contributed by atoms with Crippen LogP contribution in [-0.4, -0.2) is 7.11 Å². The molecule has 0 aliphatic rings. The Balaban J connectivity index is 2.09. The smallest absolute Gasteiger partial charge is 0.123 e. The van der Waals surface area contributed by atoms with Crippen LogP contribution in [0.2, 0.25) is 0 Å². The lowest BCUT2D eigenvalue weighted by Crippen LogP contribution is -2.22. The second kappa shape index (κ2) is 6.03. The molecule has 1 aromatic carbocycles. The molecule has 2 aromatic rings. The zero-order valence-electron chi connectivity index (χ0n) is 11.0. The number of para-hydroxylation sites is 1. The minimum atomic E-state index is 0.262. The van der Waals surface area contributed by atoms with E-state index < -0.39 is 0 Å². The summed E-state index contributed by atoms with van der Waals surface area (Å²) in [5, 5.41) is 5.72. The summed E-state index contributed by atoms with van der Waals surface area (Å²) < 4.78 is 5.40. The maximum Gasteiger partial charge on any atom is 0.123 e. The third-order valence-corrected chi connectivity index (χ3v) is 4.13. The van der Waals surface area contributed by atoms with Gasteiger partial charge in [-0.1, -0.05) is 24.3 Å². The molecule has 2 nitrogen and oxygen atoms in total. The molecule has 18 heavy (non-hydrogen) atoms. The summed E-state index contributed by atoms with van der Waals surface area (Å²) in [6, 6.07) is 13.0. The van der Waals surface area contributed by atoms with E-state index in [1.807, 2.05) is 18.2 Å². The number of methoxy groups -OCH3 is 1. The van der Waals surface area contributed by atoms with E-state index in [1.165, 1.54) is 10.4 Å². The fraction of sp³-hybridized carbons (Fsp3) is 0.333. The molecule has 0 spiro atoms. The molecule has 1 N–H and O–H groups in total. The van der Waals surface area contributed by atoms with Gasteiger partial charge in [0.05, 0.1) is 7.11 Å². The summed E-state index contributed by atoms with van der Waals surface area (Å²) in [4.78, 5) is 1.36. The number of hydrogen-bond acceptors (Lipinski definition) is 3. The standard InChI is InChI=1S/C15H19NOS/c1-11(13-7-4-5-8-14(13)17-3)16-12(2)15-9-6-10-18-15/h4-12,16H,1-3H3/t11-,12?/m0/s1. The van der Waals surface area contributed by atoms with Crippen LogP contribution in [0.1, 0.15) is 36.4 Å². The zero-order chi connectivity index (χ0) is 13.0. The molecule has 0 amide bonds. The van der Waals surface area contributed by atoms with Gasteiger partial charge >= 0.3 is 0 Å². The van der Waals surface area contributed by atoms with E-state index in [4.69, 9.17) is 4.74 Å². The third-order valence-electron chi connectivity index (χ3n) is 3.08. The van der Waals surface area contributed by atoms with E-state index >= 15 is 0 Å². The van der Waals surface area contributed by atoms with Crippen molar-refractivity contribution < 1.29 is 4.74 Å². The van der Waals surface area contributed by atoms with Crippen molar-refractivity contribution in [2.75, 3.05) is 7.11 Å². The van der Waals surface area contributed by atoms with Crippen LogP contribution < -0.4 is 10.1 Å². The Morgan fingerprint density at radius 1 is 1.06 bits per heavy atom. The number of nitrogens with one attached hydrogen (secondary N) is 1. The molecule has 1 aromatic heterocycles. The van der Waals surface area contributed by atoms with Crippen molar-refractivity contribution in [1.82, 2.24) is 5.32 Å². The number of hydrogen-bond donors (Lipinski definition) is 1. The molecule has 0 aliphatic heterocycles. The first-order chi connectivity index (χ1) is 8.72. The maximum absolute atomic E-state index is 5.40. The fourth-order valence-electron chi connectivity index (χ4n) is 2.11. The molecule has 0 saturated heterocycles. The Morgan fingerprint density at radius 3 is 2.50 bits per heavy atom. The van der Waals surface area contributed by atoms with Crippen molar-refractivity contribution in [3.05, 3.63) is 52.2 Å². The minimum absolute atomic E-state index is 0.262. The second-order valence-corrected chi connectivity index (χ2v) is 5.35. The van der Waals surface area contributed by atoms with Crippen molar-refractivity contribution in [2.45, 2.75) is 25.9 Å². The number of thiophene rings is 1. The Labute approximate surface area is 113 Å². The Kier molecular flexibility index (Phi) is 4.39. The van der Waals surface area contributed by atoms with Gasteiger partial charge in [-0.3, -0.25) is 0 Å². The Bertz CT molecular complexity index is 481. The molecule has 1 heterocycles. The molecular weight excluding hydrogens is 242 g/mol. The van der Waals surface area contributed by atoms with Crippen molar-refractivity contribution in [3.8, 4) is 5.75 Å². The van der Waals surface area contributed by atoms with Crippen LogP contribution in [0, 0.1) is 0 Å². The molecule has 3 heteroatoms. The summed E-state index contributed by atoms with van der Waals surface area (Å²) in [7, 11) is 1.72. The van der Waals surface area contributed by atoms with Gasteiger partial charge in [-0.25, -0.2) is 0 Å². The predicted molar refractivity (Wildman–Crippen MR) is 77.3 cm³/mol. The molecule has 0 fully saturated rings. The highest BCUT2D eigenvalue weighted by atomic mass is 32.1. The number of rotatable bonds is 5. The van der Waals surface area contributed by atoms with Crippen LogP contribution in [0.25, 0.3) is 0 Å². The van der Waals surface area contributed by atoms with Gasteiger partial charge in [0.15, 0.2) is 0 Å². The summed E-state index contributed by atoms with van der Waals surface area (Å²) in [5.74, 6) is 0.941. The van der Waals surface area contributed by atoms with Crippen LogP contribution in [0.4, 0.5) is 0 Å². The molecule has 0 saturated carbocycles. The van der Waals surface area contributed by atoms with Gasteiger partial charge in [0.25, 0.3) is 0 Å². The van der Waals surface area contributed by atoms with E-state index in [2.05, 4.69) is 42.7 Å². The zero-order valence-corrected chi connectivity index (χ0v) is 11.8. The van der Waals surface area contributed by atoms with Gasteiger partial charge in [-0.05, 0) is 31.4 Å². The first-order valence-corrected chi connectivity index (χ1v) is 7.02. The van der Waals surface area contributed by atoms with Crippen molar-refractivity contribution in [3.63, 3.8) is 0 Å². The highest BCUT2D eigenvalue weighted by Gasteiger charge is 2.14. The van der Waals surface area contributed by atoms with Gasteiger partial charge in [0.2, 0.25) is 0 Å². The van der Waals surface area contributed by atoms with Gasteiger partial charge in [-0.15, -0.1) is 11.3 Å². The molecule has 96 valence electrons. The van der Waals surface area contributed by atoms with Crippen LogP contribution in [0.3, 0.4) is 0 Å². The topological polar surface area (TPSA) is 21.3 Å². The molecule has 0 bridgehead atoms. The monoisotopic (exact) mass is 261 g/mol. The third kappa shape index (κ3) is 2.92. The molecular formula is C15H19NOS. The molecule has 1 unspecified atom stereocenters. The average molecular weight is 261 g/mol. The van der Waals surface area contributed by atoms with E-state index in [-0.39, 0.29) is 6.04 Å². The Hall–Kier alpha value is -1.32. The lowest BCUT2D eigenvalue weighted by atomic mass is 10.1. The van der Waals surface area contributed by atoms with Gasteiger partial charge in [0.1, 0.15) is 5.75 Å². The van der Waals surface area contributed by atoms with Crippen LogP contribution in [-0.2, 0) is 0 Å². The van der Waals surface area contributed by atoms with Crippen molar-refractivity contribution in [1.29, 1.82) is 0 Å². The lowest BCUT2D eigenvalue weighted by Gasteiger charge is -2.21. The van der Waals surface area contributed by atoms with Gasteiger partial charge in [0, 0.05) is 22.5 Å². The fourth-order valence-corrected chi connectivity index (χ4v) is 2.85. The minimum Gasteiger partial charge on any atom is -0.496 e. The predicted octanol–water partition coefficient (Wildman–Crippen LogP) is 4.17. The molecule has 2 atom stereocenters. The SMILES string of the molecule is COc1ccccc1[C@H](C)NC(C)c1cccs1. The molecule has 0 radical (unpaired) electrons. The first-order valence-electron chi connectivity index (χ1n) is 6.14. The summed E-state index contributed by atoms with van der Waals surface area (Å²) in [6.45, 7) is 4.36. The summed E-state index contributed by atoms with van der Waals surface area (Å²) in [6.07, 6.45) is 0. The normalized spacial score (nSPS) is 14.2.